The Bertz CT molecular complexity index is 620. The molecule has 1 saturated carbocycles. The lowest BCUT2D eigenvalue weighted by Gasteiger charge is -2.17. The second kappa shape index (κ2) is 5.96. The number of imidazole rings is 1. The van der Waals surface area contributed by atoms with E-state index >= 15 is 0 Å². The van der Waals surface area contributed by atoms with Crippen molar-refractivity contribution in [2.45, 2.75) is 46.1 Å². The molecule has 3 rings (SSSR count). The number of nitrogen functional groups attached to an aromatic ring is 1. The molecular formula is C17H25N3O. The van der Waals surface area contributed by atoms with Crippen LogP contribution in [0.4, 0.5) is 5.95 Å². The SMILES string of the molecule is CCCOc1cccc2c1nc(N)n2CC1CCCC1C. The van der Waals surface area contributed by atoms with Gasteiger partial charge in [-0.05, 0) is 36.8 Å². The van der Waals surface area contributed by atoms with Gasteiger partial charge in [0, 0.05) is 6.54 Å². The fourth-order valence-corrected chi connectivity index (χ4v) is 3.39. The summed E-state index contributed by atoms with van der Waals surface area (Å²) in [5.74, 6) is 2.95. The summed E-state index contributed by atoms with van der Waals surface area (Å²) < 4.78 is 7.96. The first-order valence-electron chi connectivity index (χ1n) is 8.08. The van der Waals surface area contributed by atoms with Crippen molar-refractivity contribution in [3.8, 4) is 5.75 Å². The predicted molar refractivity (Wildman–Crippen MR) is 86.4 cm³/mol. The van der Waals surface area contributed by atoms with Crippen LogP contribution in [0.25, 0.3) is 11.0 Å². The molecule has 2 N–H and O–H groups in total. The van der Waals surface area contributed by atoms with E-state index in [1.165, 1.54) is 19.3 Å². The van der Waals surface area contributed by atoms with Gasteiger partial charge < -0.3 is 15.0 Å². The minimum atomic E-state index is 0.608. The number of anilines is 1. The normalized spacial score (nSPS) is 22.0. The zero-order valence-electron chi connectivity index (χ0n) is 13.0. The van der Waals surface area contributed by atoms with E-state index in [9.17, 15) is 0 Å². The number of fused-ring (bicyclic) bond motifs is 1. The van der Waals surface area contributed by atoms with Gasteiger partial charge in [0.15, 0.2) is 0 Å². The van der Waals surface area contributed by atoms with Crippen LogP contribution in [-0.4, -0.2) is 16.2 Å². The lowest BCUT2D eigenvalue weighted by Crippen LogP contribution is -2.14. The van der Waals surface area contributed by atoms with Crippen molar-refractivity contribution in [2.75, 3.05) is 12.3 Å². The van der Waals surface area contributed by atoms with Gasteiger partial charge in [-0.25, -0.2) is 4.98 Å². The Morgan fingerprint density at radius 1 is 1.38 bits per heavy atom. The average molecular weight is 287 g/mol. The lowest BCUT2D eigenvalue weighted by atomic mass is 9.98. The van der Waals surface area contributed by atoms with Crippen molar-refractivity contribution >= 4 is 17.0 Å². The van der Waals surface area contributed by atoms with E-state index in [2.05, 4.69) is 29.5 Å². The summed E-state index contributed by atoms with van der Waals surface area (Å²) in [5, 5.41) is 0. The summed E-state index contributed by atoms with van der Waals surface area (Å²) in [5.41, 5.74) is 8.17. The van der Waals surface area contributed by atoms with Crippen molar-refractivity contribution in [2.24, 2.45) is 11.8 Å². The van der Waals surface area contributed by atoms with Crippen LogP contribution in [0.15, 0.2) is 18.2 Å². The third-order valence-electron chi connectivity index (χ3n) is 4.69. The summed E-state index contributed by atoms with van der Waals surface area (Å²) in [6.07, 6.45) is 4.96. The number of aromatic nitrogens is 2. The predicted octanol–water partition coefficient (Wildman–Crippen LogP) is 3.84. The van der Waals surface area contributed by atoms with E-state index in [4.69, 9.17) is 10.5 Å². The Labute approximate surface area is 126 Å². The van der Waals surface area contributed by atoms with Gasteiger partial charge in [-0.1, -0.05) is 32.8 Å². The van der Waals surface area contributed by atoms with Crippen molar-refractivity contribution in [1.82, 2.24) is 9.55 Å². The van der Waals surface area contributed by atoms with Crippen molar-refractivity contribution in [1.29, 1.82) is 0 Å². The van der Waals surface area contributed by atoms with Crippen LogP contribution < -0.4 is 10.5 Å². The second-order valence-corrected chi connectivity index (χ2v) is 6.22. The highest BCUT2D eigenvalue weighted by atomic mass is 16.5. The molecule has 1 aliphatic rings. The molecule has 2 atom stereocenters. The van der Waals surface area contributed by atoms with Gasteiger partial charge in [-0.3, -0.25) is 0 Å². The van der Waals surface area contributed by atoms with Gasteiger partial charge in [0.1, 0.15) is 11.3 Å². The van der Waals surface area contributed by atoms with Gasteiger partial charge in [-0.2, -0.15) is 0 Å². The van der Waals surface area contributed by atoms with Crippen LogP contribution >= 0.6 is 0 Å². The third-order valence-corrected chi connectivity index (χ3v) is 4.69. The number of para-hydroxylation sites is 1. The maximum atomic E-state index is 6.17. The van der Waals surface area contributed by atoms with E-state index in [1.54, 1.807) is 0 Å². The molecule has 0 spiro atoms. The van der Waals surface area contributed by atoms with Crippen LogP contribution in [-0.2, 0) is 6.54 Å². The lowest BCUT2D eigenvalue weighted by molar-refractivity contribution is 0.320. The molecule has 2 aromatic rings. The number of nitrogens with two attached hydrogens (primary N) is 1. The molecule has 1 fully saturated rings. The molecular weight excluding hydrogens is 262 g/mol. The van der Waals surface area contributed by atoms with E-state index in [0.717, 1.165) is 35.7 Å². The van der Waals surface area contributed by atoms with Crippen LogP contribution in [0, 0.1) is 11.8 Å². The van der Waals surface area contributed by atoms with Gasteiger partial charge >= 0.3 is 0 Å². The monoisotopic (exact) mass is 287 g/mol. The van der Waals surface area contributed by atoms with Gasteiger partial charge in [-0.15, -0.1) is 0 Å². The Morgan fingerprint density at radius 2 is 2.24 bits per heavy atom. The summed E-state index contributed by atoms with van der Waals surface area (Å²) in [7, 11) is 0. The fourth-order valence-electron chi connectivity index (χ4n) is 3.39. The van der Waals surface area contributed by atoms with Crippen molar-refractivity contribution < 1.29 is 4.74 Å². The minimum Gasteiger partial charge on any atom is -0.491 e. The van der Waals surface area contributed by atoms with Crippen LogP contribution in [0.1, 0.15) is 39.5 Å². The van der Waals surface area contributed by atoms with Gasteiger partial charge in [0.2, 0.25) is 5.95 Å². The largest absolute Gasteiger partial charge is 0.491 e. The molecule has 4 heteroatoms. The van der Waals surface area contributed by atoms with Crippen LogP contribution in [0.5, 0.6) is 5.75 Å². The molecule has 0 saturated heterocycles. The third kappa shape index (κ3) is 2.71. The molecule has 0 aliphatic heterocycles. The Morgan fingerprint density at radius 3 is 2.95 bits per heavy atom. The topological polar surface area (TPSA) is 53.1 Å². The van der Waals surface area contributed by atoms with Crippen molar-refractivity contribution in [3.63, 3.8) is 0 Å². The smallest absolute Gasteiger partial charge is 0.201 e. The molecule has 0 bridgehead atoms. The number of hydrogen-bond donors (Lipinski definition) is 1. The highest BCUT2D eigenvalue weighted by Crippen LogP contribution is 2.35. The molecule has 0 radical (unpaired) electrons. The summed E-state index contributed by atoms with van der Waals surface area (Å²) in [6.45, 7) is 6.14. The standard InChI is InChI=1S/C17H25N3O/c1-3-10-21-15-9-5-8-14-16(15)19-17(18)20(14)11-13-7-4-6-12(13)2/h5,8-9,12-13H,3-4,6-7,10-11H2,1-2H3,(H2,18,19). The summed E-state index contributed by atoms with van der Waals surface area (Å²) >= 11 is 0. The number of ether oxygens (including phenoxy) is 1. The molecule has 1 aromatic heterocycles. The molecule has 1 heterocycles. The van der Waals surface area contributed by atoms with Crippen LogP contribution in [0.2, 0.25) is 0 Å². The number of hydrogen-bond acceptors (Lipinski definition) is 3. The van der Waals surface area contributed by atoms with Crippen molar-refractivity contribution in [3.05, 3.63) is 18.2 Å². The quantitative estimate of drug-likeness (QED) is 0.909. The molecule has 1 aromatic carbocycles. The molecule has 1 aliphatic carbocycles. The van der Waals surface area contributed by atoms with Gasteiger partial charge in [0.25, 0.3) is 0 Å². The highest BCUT2D eigenvalue weighted by molar-refractivity contribution is 5.84. The zero-order valence-corrected chi connectivity index (χ0v) is 13.0. The maximum Gasteiger partial charge on any atom is 0.201 e. The molecule has 0 amide bonds. The summed E-state index contributed by atoms with van der Waals surface area (Å²) in [4.78, 5) is 4.55. The Kier molecular flexibility index (Phi) is 4.04. The Balaban J connectivity index is 1.93. The number of nitrogens with zero attached hydrogens (tertiary/aromatic N) is 2. The number of benzene rings is 1. The zero-order chi connectivity index (χ0) is 14.8. The minimum absolute atomic E-state index is 0.608. The first-order valence-corrected chi connectivity index (χ1v) is 8.08. The first-order chi connectivity index (χ1) is 10.2. The molecule has 21 heavy (non-hydrogen) atoms. The van der Waals surface area contributed by atoms with E-state index in [-0.39, 0.29) is 0 Å². The first kappa shape index (κ1) is 14.2. The molecule has 4 nitrogen and oxygen atoms in total. The molecule has 114 valence electrons. The highest BCUT2D eigenvalue weighted by Gasteiger charge is 2.25. The average Bonchev–Trinajstić information content (AvgIpc) is 3.02. The fraction of sp³-hybridized carbons (Fsp3) is 0.588. The Hall–Kier alpha value is -1.71. The van der Waals surface area contributed by atoms with Crippen LogP contribution in [0.3, 0.4) is 0 Å². The van der Waals surface area contributed by atoms with E-state index < -0.39 is 0 Å². The maximum absolute atomic E-state index is 6.17. The molecule has 2 unspecified atom stereocenters. The summed E-state index contributed by atoms with van der Waals surface area (Å²) in [6, 6.07) is 6.10. The van der Waals surface area contributed by atoms with E-state index in [1.807, 2.05) is 12.1 Å². The van der Waals surface area contributed by atoms with E-state index in [0.29, 0.717) is 18.5 Å². The van der Waals surface area contributed by atoms with Gasteiger partial charge in [0.05, 0.1) is 12.1 Å². The number of rotatable bonds is 5. The second-order valence-electron chi connectivity index (χ2n) is 6.22.